The molecule has 0 spiro atoms. The number of fused-ring (bicyclic) bond motifs is 1. The van der Waals surface area contributed by atoms with Crippen molar-refractivity contribution in [3.05, 3.63) is 47.5 Å². The van der Waals surface area contributed by atoms with E-state index in [1.165, 1.54) is 6.07 Å². The number of aromatic carboxylic acids is 1. The van der Waals surface area contributed by atoms with Crippen molar-refractivity contribution < 1.29 is 24.5 Å². The number of carbonyl (C=O) groups is 2. The third-order valence-electron chi connectivity index (χ3n) is 4.85. The molecule has 0 saturated carbocycles. The van der Waals surface area contributed by atoms with Gasteiger partial charge in [-0.15, -0.1) is 0 Å². The second kappa shape index (κ2) is 9.34. The summed E-state index contributed by atoms with van der Waals surface area (Å²) >= 11 is 0. The molecule has 0 bridgehead atoms. The molecule has 0 saturated heterocycles. The van der Waals surface area contributed by atoms with Crippen molar-refractivity contribution >= 4 is 22.7 Å². The van der Waals surface area contributed by atoms with Gasteiger partial charge < -0.3 is 14.9 Å². The molecule has 0 aliphatic rings. The van der Waals surface area contributed by atoms with Crippen LogP contribution < -0.4 is 0 Å². The van der Waals surface area contributed by atoms with Crippen LogP contribution in [0.2, 0.25) is 0 Å². The number of aliphatic hydroxyl groups is 1. The van der Waals surface area contributed by atoms with Crippen LogP contribution in [0.15, 0.2) is 36.4 Å². The maximum atomic E-state index is 12.3. The van der Waals surface area contributed by atoms with Crippen LogP contribution in [-0.4, -0.2) is 35.4 Å². The summed E-state index contributed by atoms with van der Waals surface area (Å²) in [6.07, 6.45) is 2.93. The zero-order chi connectivity index (χ0) is 19.1. The van der Waals surface area contributed by atoms with Crippen LogP contribution in [0.1, 0.15) is 53.8 Å². The molecule has 0 radical (unpaired) electrons. The highest BCUT2D eigenvalue weighted by Gasteiger charge is 2.17. The van der Waals surface area contributed by atoms with Gasteiger partial charge in [0.05, 0.1) is 17.7 Å². The van der Waals surface area contributed by atoms with Gasteiger partial charge in [-0.25, -0.2) is 9.59 Å². The molecule has 0 amide bonds. The minimum atomic E-state index is -0.983. The quantitative estimate of drug-likeness (QED) is 0.659. The van der Waals surface area contributed by atoms with Crippen LogP contribution in [0.4, 0.5) is 0 Å². The maximum Gasteiger partial charge on any atom is 0.338 e. The highest BCUT2D eigenvalue weighted by atomic mass is 16.5. The molecule has 0 aromatic heterocycles. The zero-order valence-electron chi connectivity index (χ0n) is 15.3. The van der Waals surface area contributed by atoms with E-state index in [1.54, 1.807) is 30.3 Å². The van der Waals surface area contributed by atoms with Crippen molar-refractivity contribution in [3.8, 4) is 0 Å². The monoisotopic (exact) mass is 358 g/mol. The van der Waals surface area contributed by atoms with Crippen LogP contribution in [0.25, 0.3) is 10.8 Å². The molecular weight excluding hydrogens is 332 g/mol. The first-order valence-electron chi connectivity index (χ1n) is 9.03. The lowest BCUT2D eigenvalue weighted by molar-refractivity contribution is 0.0355. The summed E-state index contributed by atoms with van der Waals surface area (Å²) < 4.78 is 5.39. The molecule has 2 aromatic carbocycles. The Morgan fingerprint density at radius 1 is 0.962 bits per heavy atom. The summed E-state index contributed by atoms with van der Waals surface area (Å²) in [7, 11) is 0. The van der Waals surface area contributed by atoms with Gasteiger partial charge in [-0.05, 0) is 47.4 Å². The molecule has 2 N–H and O–H groups in total. The van der Waals surface area contributed by atoms with Crippen LogP contribution in [0, 0.1) is 11.8 Å². The van der Waals surface area contributed by atoms with Crippen LogP contribution >= 0.6 is 0 Å². The van der Waals surface area contributed by atoms with E-state index in [4.69, 9.17) is 9.84 Å². The number of esters is 1. The Morgan fingerprint density at radius 3 is 2.08 bits per heavy atom. The third-order valence-corrected chi connectivity index (χ3v) is 4.85. The Balaban J connectivity index is 2.04. The number of aliphatic hydroxyl groups excluding tert-OH is 1. The Kier molecular flexibility index (Phi) is 7.16. The number of carboxylic acids is 1. The Bertz CT molecular complexity index is 764. The van der Waals surface area contributed by atoms with Gasteiger partial charge in [0.25, 0.3) is 0 Å². The van der Waals surface area contributed by atoms with Gasteiger partial charge in [0, 0.05) is 12.5 Å². The number of ether oxygens (including phenoxy) is 1. The van der Waals surface area contributed by atoms with E-state index in [2.05, 4.69) is 13.8 Å². The molecule has 0 aliphatic heterocycles. The first-order valence-corrected chi connectivity index (χ1v) is 9.03. The lowest BCUT2D eigenvalue weighted by Gasteiger charge is -2.20. The third kappa shape index (κ3) is 5.05. The van der Waals surface area contributed by atoms with Crippen LogP contribution in [0.3, 0.4) is 0 Å². The number of hydrogen-bond donors (Lipinski definition) is 2. The molecule has 2 aromatic rings. The fourth-order valence-electron chi connectivity index (χ4n) is 3.07. The number of carbonyl (C=O) groups excluding carboxylic acids is 1. The van der Waals surface area contributed by atoms with E-state index >= 15 is 0 Å². The van der Waals surface area contributed by atoms with Gasteiger partial charge in [-0.3, -0.25) is 0 Å². The first-order chi connectivity index (χ1) is 12.5. The van der Waals surface area contributed by atoms with Crippen molar-refractivity contribution in [2.75, 3.05) is 13.2 Å². The SMILES string of the molecule is CCC(CC)CC(CO)COC(=O)c1ccc2cc(C(=O)O)ccc2c1. The second-order valence-corrected chi connectivity index (χ2v) is 6.65. The van der Waals surface area contributed by atoms with E-state index < -0.39 is 11.9 Å². The van der Waals surface area contributed by atoms with Crippen molar-refractivity contribution in [2.24, 2.45) is 11.8 Å². The van der Waals surface area contributed by atoms with Crippen molar-refractivity contribution in [3.63, 3.8) is 0 Å². The average molecular weight is 358 g/mol. The summed E-state index contributed by atoms with van der Waals surface area (Å²) in [5, 5.41) is 20.1. The summed E-state index contributed by atoms with van der Waals surface area (Å²) in [5.41, 5.74) is 0.625. The summed E-state index contributed by atoms with van der Waals surface area (Å²) in [6.45, 7) is 4.44. The van der Waals surface area contributed by atoms with E-state index in [0.29, 0.717) is 11.5 Å². The predicted molar refractivity (Wildman–Crippen MR) is 100 cm³/mol. The molecule has 1 unspecified atom stereocenters. The van der Waals surface area contributed by atoms with Crippen molar-refractivity contribution in [1.29, 1.82) is 0 Å². The summed E-state index contributed by atoms with van der Waals surface area (Å²) in [6, 6.07) is 9.80. The average Bonchev–Trinajstić information content (AvgIpc) is 2.67. The van der Waals surface area contributed by atoms with E-state index in [0.717, 1.165) is 30.0 Å². The fraction of sp³-hybridized carbons (Fsp3) is 0.429. The standard InChI is InChI=1S/C21H26O5/c1-3-14(4-2)9-15(12-22)13-26-21(25)19-8-6-16-10-18(20(23)24)7-5-17(16)11-19/h5-8,10-11,14-15,22H,3-4,9,12-13H2,1-2H3,(H,23,24). The normalized spacial score (nSPS) is 12.3. The highest BCUT2D eigenvalue weighted by molar-refractivity contribution is 5.98. The minimum Gasteiger partial charge on any atom is -0.478 e. The molecule has 0 heterocycles. The van der Waals surface area contributed by atoms with E-state index in [9.17, 15) is 14.7 Å². The Labute approximate surface area is 153 Å². The minimum absolute atomic E-state index is 0.000530. The van der Waals surface area contributed by atoms with Gasteiger partial charge >= 0.3 is 11.9 Å². The van der Waals surface area contributed by atoms with Gasteiger partial charge in [0.1, 0.15) is 0 Å². The zero-order valence-corrected chi connectivity index (χ0v) is 15.3. The fourth-order valence-corrected chi connectivity index (χ4v) is 3.07. The van der Waals surface area contributed by atoms with E-state index in [-0.39, 0.29) is 24.7 Å². The number of benzene rings is 2. The number of rotatable bonds is 9. The van der Waals surface area contributed by atoms with Gasteiger partial charge in [-0.2, -0.15) is 0 Å². The molecule has 0 fully saturated rings. The molecule has 0 aliphatic carbocycles. The van der Waals surface area contributed by atoms with Gasteiger partial charge in [0.2, 0.25) is 0 Å². The lowest BCUT2D eigenvalue weighted by Crippen LogP contribution is -2.20. The molecule has 1 atom stereocenters. The lowest BCUT2D eigenvalue weighted by atomic mass is 9.91. The molecular formula is C21H26O5. The summed E-state index contributed by atoms with van der Waals surface area (Å²) in [4.78, 5) is 23.3. The Hall–Kier alpha value is -2.40. The Morgan fingerprint density at radius 2 is 1.54 bits per heavy atom. The number of carboxylic acid groups (broad SMARTS) is 1. The van der Waals surface area contributed by atoms with Crippen molar-refractivity contribution in [2.45, 2.75) is 33.1 Å². The molecule has 5 heteroatoms. The highest BCUT2D eigenvalue weighted by Crippen LogP contribution is 2.21. The predicted octanol–water partition coefficient (Wildman–Crippen LogP) is 4.13. The molecule has 26 heavy (non-hydrogen) atoms. The number of hydrogen-bond acceptors (Lipinski definition) is 4. The van der Waals surface area contributed by atoms with Gasteiger partial charge in [-0.1, -0.05) is 38.8 Å². The van der Waals surface area contributed by atoms with Gasteiger partial charge in [0.15, 0.2) is 0 Å². The maximum absolute atomic E-state index is 12.3. The largest absolute Gasteiger partial charge is 0.478 e. The van der Waals surface area contributed by atoms with E-state index in [1.807, 2.05) is 0 Å². The molecule has 2 rings (SSSR count). The summed E-state index contributed by atoms with van der Waals surface area (Å²) in [5.74, 6) is -0.947. The topological polar surface area (TPSA) is 83.8 Å². The van der Waals surface area contributed by atoms with Crippen LogP contribution in [-0.2, 0) is 4.74 Å². The smallest absolute Gasteiger partial charge is 0.338 e. The first kappa shape index (κ1) is 19.9. The molecule has 5 nitrogen and oxygen atoms in total. The van der Waals surface area contributed by atoms with Crippen molar-refractivity contribution in [1.82, 2.24) is 0 Å². The van der Waals surface area contributed by atoms with Crippen LogP contribution in [0.5, 0.6) is 0 Å². The second-order valence-electron chi connectivity index (χ2n) is 6.65. The molecule has 140 valence electrons.